The lowest BCUT2D eigenvalue weighted by Gasteiger charge is -2.22. The minimum atomic E-state index is -0.0267. The van der Waals surface area contributed by atoms with Gasteiger partial charge in [0.25, 0.3) is 5.56 Å². The highest BCUT2D eigenvalue weighted by Crippen LogP contribution is 2.36. The lowest BCUT2D eigenvalue weighted by atomic mass is 10.0. The van der Waals surface area contributed by atoms with Crippen molar-refractivity contribution in [3.63, 3.8) is 0 Å². The van der Waals surface area contributed by atoms with E-state index in [4.69, 9.17) is 4.98 Å². The summed E-state index contributed by atoms with van der Waals surface area (Å²) in [5.41, 5.74) is 0.951. The molecule has 1 aliphatic heterocycles. The van der Waals surface area contributed by atoms with Gasteiger partial charge in [-0.3, -0.25) is 9.78 Å². The highest BCUT2D eigenvalue weighted by molar-refractivity contribution is 9.10. The average molecular weight is 340 g/mol. The molecule has 0 spiro atoms. The van der Waals surface area contributed by atoms with Gasteiger partial charge < -0.3 is 4.90 Å². The molecule has 3 rings (SSSR count). The van der Waals surface area contributed by atoms with Crippen LogP contribution in [0.5, 0.6) is 0 Å². The van der Waals surface area contributed by atoms with Crippen LogP contribution in [0.1, 0.15) is 63.0 Å². The first-order chi connectivity index (χ1) is 9.75. The maximum Gasteiger partial charge on any atom is 0.266 e. The summed E-state index contributed by atoms with van der Waals surface area (Å²) in [5, 5.41) is 0. The summed E-state index contributed by atoms with van der Waals surface area (Å²) >= 11 is 3.44. The van der Waals surface area contributed by atoms with Gasteiger partial charge in [-0.25, -0.2) is 4.98 Å². The van der Waals surface area contributed by atoms with Gasteiger partial charge in [0.1, 0.15) is 4.47 Å². The van der Waals surface area contributed by atoms with Gasteiger partial charge >= 0.3 is 0 Å². The molecule has 0 amide bonds. The first-order valence-electron chi connectivity index (χ1n) is 7.80. The van der Waals surface area contributed by atoms with Gasteiger partial charge in [-0.2, -0.15) is 0 Å². The standard InChI is InChI=1S/C15H22BrN3O/c16-12-13(11-7-3-4-8-11)17-15(18-14(12)20)19-9-5-1-2-6-10-19/h11H,1-10H2,(H,17,18,20). The molecule has 1 N–H and O–H groups in total. The predicted octanol–water partition coefficient (Wildman–Crippen LogP) is 3.57. The Kier molecular flexibility index (Phi) is 4.44. The number of nitrogens with zero attached hydrogens (tertiary/aromatic N) is 2. The van der Waals surface area contributed by atoms with E-state index in [0.29, 0.717) is 10.4 Å². The Labute approximate surface area is 128 Å². The van der Waals surface area contributed by atoms with Crippen molar-refractivity contribution in [1.82, 2.24) is 9.97 Å². The first kappa shape index (κ1) is 14.1. The Bertz CT molecular complexity index is 514. The van der Waals surface area contributed by atoms with E-state index >= 15 is 0 Å². The van der Waals surface area contributed by atoms with E-state index in [1.54, 1.807) is 0 Å². The number of rotatable bonds is 2. The zero-order chi connectivity index (χ0) is 13.9. The second kappa shape index (κ2) is 6.29. The third kappa shape index (κ3) is 2.92. The van der Waals surface area contributed by atoms with Crippen LogP contribution in [0.25, 0.3) is 0 Å². The van der Waals surface area contributed by atoms with E-state index in [2.05, 4.69) is 25.8 Å². The maximum atomic E-state index is 12.2. The summed E-state index contributed by atoms with van der Waals surface area (Å²) in [5.74, 6) is 1.24. The number of aromatic nitrogens is 2. The fourth-order valence-corrected chi connectivity index (χ4v) is 3.88. The van der Waals surface area contributed by atoms with Gasteiger partial charge in [0.15, 0.2) is 0 Å². The van der Waals surface area contributed by atoms with Crippen molar-refractivity contribution in [3.05, 3.63) is 20.5 Å². The van der Waals surface area contributed by atoms with Crippen molar-refractivity contribution >= 4 is 21.9 Å². The highest BCUT2D eigenvalue weighted by atomic mass is 79.9. The van der Waals surface area contributed by atoms with Gasteiger partial charge in [-0.1, -0.05) is 25.7 Å². The van der Waals surface area contributed by atoms with E-state index in [0.717, 1.165) is 37.6 Å². The summed E-state index contributed by atoms with van der Waals surface area (Å²) in [6.07, 6.45) is 9.79. The van der Waals surface area contributed by atoms with E-state index in [1.165, 1.54) is 38.5 Å². The third-order valence-electron chi connectivity index (χ3n) is 4.52. The van der Waals surface area contributed by atoms with Gasteiger partial charge in [-0.05, 0) is 41.6 Å². The quantitative estimate of drug-likeness (QED) is 0.895. The second-order valence-corrected chi connectivity index (χ2v) is 6.76. The Morgan fingerprint density at radius 2 is 1.70 bits per heavy atom. The van der Waals surface area contributed by atoms with Crippen molar-refractivity contribution in [1.29, 1.82) is 0 Å². The molecule has 0 atom stereocenters. The number of hydrogen-bond acceptors (Lipinski definition) is 3. The lowest BCUT2D eigenvalue weighted by molar-refractivity contribution is 0.675. The molecule has 1 saturated heterocycles. The molecule has 5 heteroatoms. The number of aromatic amines is 1. The molecule has 2 aliphatic rings. The van der Waals surface area contributed by atoms with Crippen molar-refractivity contribution in [2.75, 3.05) is 18.0 Å². The molecule has 0 aromatic carbocycles. The summed E-state index contributed by atoms with van der Waals surface area (Å²) in [6, 6.07) is 0. The largest absolute Gasteiger partial charge is 0.342 e. The third-order valence-corrected chi connectivity index (χ3v) is 5.29. The number of halogens is 1. The number of H-pyrrole nitrogens is 1. The molecule has 0 bridgehead atoms. The van der Waals surface area contributed by atoms with Gasteiger partial charge in [0.2, 0.25) is 5.95 Å². The number of nitrogens with one attached hydrogen (secondary N) is 1. The number of anilines is 1. The minimum absolute atomic E-state index is 0.0267. The molecule has 1 aliphatic carbocycles. The van der Waals surface area contributed by atoms with Crippen LogP contribution in [0.15, 0.2) is 9.27 Å². The Morgan fingerprint density at radius 1 is 1.05 bits per heavy atom. The van der Waals surface area contributed by atoms with Crippen molar-refractivity contribution in [2.24, 2.45) is 0 Å². The summed E-state index contributed by atoms with van der Waals surface area (Å²) in [4.78, 5) is 22.2. The summed E-state index contributed by atoms with van der Waals surface area (Å²) in [6.45, 7) is 2.02. The first-order valence-corrected chi connectivity index (χ1v) is 8.59. The zero-order valence-electron chi connectivity index (χ0n) is 11.8. The topological polar surface area (TPSA) is 49.0 Å². The fraction of sp³-hybridized carbons (Fsp3) is 0.733. The van der Waals surface area contributed by atoms with Crippen LogP contribution in [0.4, 0.5) is 5.95 Å². The van der Waals surface area contributed by atoms with Crippen molar-refractivity contribution in [3.8, 4) is 0 Å². The SMILES string of the molecule is O=c1[nH]c(N2CCCCCC2)nc(C2CCCC2)c1Br. The van der Waals surface area contributed by atoms with Crippen LogP contribution < -0.4 is 10.5 Å². The molecule has 4 nitrogen and oxygen atoms in total. The minimum Gasteiger partial charge on any atom is -0.342 e. The molecule has 0 radical (unpaired) electrons. The number of hydrogen-bond donors (Lipinski definition) is 1. The van der Waals surface area contributed by atoms with E-state index in [1.807, 2.05) is 0 Å². The van der Waals surface area contributed by atoms with Crippen LogP contribution in [0.2, 0.25) is 0 Å². The molecule has 2 fully saturated rings. The maximum absolute atomic E-state index is 12.2. The molecule has 2 heterocycles. The second-order valence-electron chi connectivity index (χ2n) is 5.97. The monoisotopic (exact) mass is 339 g/mol. The van der Waals surface area contributed by atoms with Crippen LogP contribution in [-0.2, 0) is 0 Å². The lowest BCUT2D eigenvalue weighted by Crippen LogP contribution is -2.29. The predicted molar refractivity (Wildman–Crippen MR) is 84.4 cm³/mol. The molecule has 20 heavy (non-hydrogen) atoms. The Hall–Kier alpha value is -0.840. The molecule has 110 valence electrons. The van der Waals surface area contributed by atoms with Gasteiger partial charge in [-0.15, -0.1) is 0 Å². The highest BCUT2D eigenvalue weighted by Gasteiger charge is 2.24. The summed E-state index contributed by atoms with van der Waals surface area (Å²) < 4.78 is 0.642. The zero-order valence-corrected chi connectivity index (χ0v) is 13.4. The fourth-order valence-electron chi connectivity index (χ4n) is 3.37. The molecule has 1 saturated carbocycles. The van der Waals surface area contributed by atoms with Gasteiger partial charge in [0, 0.05) is 19.0 Å². The molecular formula is C15H22BrN3O. The van der Waals surface area contributed by atoms with Crippen LogP contribution >= 0.6 is 15.9 Å². The van der Waals surface area contributed by atoms with Crippen molar-refractivity contribution in [2.45, 2.75) is 57.3 Å². The van der Waals surface area contributed by atoms with E-state index in [9.17, 15) is 4.79 Å². The van der Waals surface area contributed by atoms with Crippen molar-refractivity contribution < 1.29 is 0 Å². The van der Waals surface area contributed by atoms with Crippen LogP contribution in [-0.4, -0.2) is 23.1 Å². The normalized spacial score (nSPS) is 21.1. The smallest absolute Gasteiger partial charge is 0.266 e. The average Bonchev–Trinajstić information content (AvgIpc) is 2.84. The van der Waals surface area contributed by atoms with Gasteiger partial charge in [0.05, 0.1) is 5.69 Å². The molecule has 0 unspecified atom stereocenters. The van der Waals surface area contributed by atoms with Crippen LogP contribution in [0, 0.1) is 0 Å². The molecule has 1 aromatic heterocycles. The van der Waals surface area contributed by atoms with Crippen LogP contribution in [0.3, 0.4) is 0 Å². The summed E-state index contributed by atoms with van der Waals surface area (Å²) in [7, 11) is 0. The molecular weight excluding hydrogens is 318 g/mol. The molecule has 1 aromatic rings. The Balaban J connectivity index is 1.92. The van der Waals surface area contributed by atoms with E-state index in [-0.39, 0.29) is 5.56 Å². The Morgan fingerprint density at radius 3 is 2.35 bits per heavy atom. The van der Waals surface area contributed by atoms with E-state index < -0.39 is 0 Å².